The lowest BCUT2D eigenvalue weighted by atomic mass is 10.2. The maximum absolute atomic E-state index is 11.5. The zero-order chi connectivity index (χ0) is 10.6. The molecule has 2 N–H and O–H groups in total. The van der Waals surface area contributed by atoms with E-state index in [1.165, 1.54) is 11.3 Å². The van der Waals surface area contributed by atoms with E-state index in [0.717, 1.165) is 0 Å². The summed E-state index contributed by atoms with van der Waals surface area (Å²) in [4.78, 5) is 12.1. The van der Waals surface area contributed by atoms with Crippen LogP contribution in [0, 0.1) is 0 Å². The quantitative estimate of drug-likeness (QED) is 0.835. The average molecular weight is 234 g/mol. The Morgan fingerprint density at radius 1 is 1.79 bits per heavy atom. The topological polar surface area (TPSA) is 49.3 Å². The molecule has 14 heavy (non-hydrogen) atoms. The van der Waals surface area contributed by atoms with Crippen LogP contribution in [0.25, 0.3) is 0 Å². The van der Waals surface area contributed by atoms with Gasteiger partial charge >= 0.3 is 0 Å². The van der Waals surface area contributed by atoms with Crippen molar-refractivity contribution in [2.75, 3.05) is 6.61 Å². The van der Waals surface area contributed by atoms with E-state index in [-0.39, 0.29) is 18.6 Å². The number of nitrogens with one attached hydrogen (secondary N) is 1. The van der Waals surface area contributed by atoms with Crippen LogP contribution in [0.15, 0.2) is 11.4 Å². The molecule has 0 aromatic carbocycles. The minimum atomic E-state index is -0.175. The fraction of sp³-hybridized carbons (Fsp3) is 0.444. The fourth-order valence-electron chi connectivity index (χ4n) is 1.01. The highest BCUT2D eigenvalue weighted by Gasteiger charge is 2.13. The summed E-state index contributed by atoms with van der Waals surface area (Å²) in [5.74, 6) is -0.175. The first-order chi connectivity index (χ1) is 6.65. The van der Waals surface area contributed by atoms with Crippen molar-refractivity contribution in [1.29, 1.82) is 0 Å². The van der Waals surface area contributed by atoms with Crippen molar-refractivity contribution in [3.63, 3.8) is 0 Å². The number of thiophene rings is 1. The molecule has 1 aromatic rings. The molecule has 0 aliphatic carbocycles. The van der Waals surface area contributed by atoms with E-state index in [0.29, 0.717) is 16.3 Å². The van der Waals surface area contributed by atoms with Crippen molar-refractivity contribution < 1.29 is 9.90 Å². The normalized spacial score (nSPS) is 12.5. The van der Waals surface area contributed by atoms with E-state index < -0.39 is 0 Å². The second-order valence-electron chi connectivity index (χ2n) is 2.98. The Bertz CT molecular complexity index is 314. The monoisotopic (exact) mass is 233 g/mol. The molecule has 0 saturated heterocycles. The van der Waals surface area contributed by atoms with Gasteiger partial charge in [0.25, 0.3) is 5.91 Å². The second kappa shape index (κ2) is 5.34. The molecule has 1 unspecified atom stereocenters. The summed E-state index contributed by atoms with van der Waals surface area (Å²) in [6.07, 6.45) is 0.550. The summed E-state index contributed by atoms with van der Waals surface area (Å²) < 4.78 is 0. The molecule has 0 aliphatic rings. The molecule has 0 aliphatic heterocycles. The zero-order valence-corrected chi connectivity index (χ0v) is 9.36. The minimum Gasteiger partial charge on any atom is -0.396 e. The van der Waals surface area contributed by atoms with E-state index in [1.807, 2.05) is 6.92 Å². The summed E-state index contributed by atoms with van der Waals surface area (Å²) in [5.41, 5.74) is 0. The van der Waals surface area contributed by atoms with Gasteiger partial charge in [-0.1, -0.05) is 11.6 Å². The Kier molecular flexibility index (Phi) is 4.38. The largest absolute Gasteiger partial charge is 0.396 e. The second-order valence-corrected chi connectivity index (χ2v) is 4.31. The Hall–Kier alpha value is -0.580. The Morgan fingerprint density at radius 2 is 2.50 bits per heavy atom. The first kappa shape index (κ1) is 11.5. The Labute approximate surface area is 91.7 Å². The zero-order valence-electron chi connectivity index (χ0n) is 7.79. The van der Waals surface area contributed by atoms with Gasteiger partial charge in [-0.25, -0.2) is 0 Å². The van der Waals surface area contributed by atoms with Crippen LogP contribution in [0.3, 0.4) is 0 Å². The van der Waals surface area contributed by atoms with E-state index >= 15 is 0 Å². The molecule has 0 radical (unpaired) electrons. The average Bonchev–Trinajstić information content (AvgIpc) is 2.51. The number of carbonyl (C=O) groups excluding carboxylic acids is 1. The number of aliphatic hydroxyl groups is 1. The number of hydrogen-bond donors (Lipinski definition) is 2. The number of hydrogen-bond acceptors (Lipinski definition) is 3. The molecule has 1 rings (SSSR count). The van der Waals surface area contributed by atoms with Crippen molar-refractivity contribution in [2.24, 2.45) is 0 Å². The lowest BCUT2D eigenvalue weighted by Gasteiger charge is -2.11. The molecule has 78 valence electrons. The van der Waals surface area contributed by atoms with Crippen molar-refractivity contribution >= 4 is 28.8 Å². The summed E-state index contributed by atoms with van der Waals surface area (Å²) in [5, 5.41) is 13.7. The number of halogens is 1. The van der Waals surface area contributed by atoms with Crippen molar-refractivity contribution in [1.82, 2.24) is 5.32 Å². The van der Waals surface area contributed by atoms with Gasteiger partial charge in [-0.3, -0.25) is 4.79 Å². The van der Waals surface area contributed by atoms with E-state index in [1.54, 1.807) is 11.4 Å². The van der Waals surface area contributed by atoms with Gasteiger partial charge in [0, 0.05) is 12.6 Å². The predicted molar refractivity (Wildman–Crippen MR) is 58.0 cm³/mol. The Morgan fingerprint density at radius 3 is 3.00 bits per heavy atom. The van der Waals surface area contributed by atoms with Gasteiger partial charge in [0.2, 0.25) is 0 Å². The number of aliphatic hydroxyl groups excluding tert-OH is 1. The number of carbonyl (C=O) groups is 1. The summed E-state index contributed by atoms with van der Waals surface area (Å²) >= 11 is 7.11. The molecule has 1 heterocycles. The fourth-order valence-corrected chi connectivity index (χ4v) is 2.05. The van der Waals surface area contributed by atoms with Gasteiger partial charge in [-0.2, -0.15) is 0 Å². The summed E-state index contributed by atoms with van der Waals surface area (Å²) in [6, 6.07) is 1.66. The maximum Gasteiger partial charge on any atom is 0.263 e. The molecule has 1 amide bonds. The van der Waals surface area contributed by atoms with Crippen LogP contribution in [-0.2, 0) is 0 Å². The van der Waals surface area contributed by atoms with Gasteiger partial charge in [0.15, 0.2) is 0 Å². The molecular formula is C9H12ClNO2S. The van der Waals surface area contributed by atoms with Gasteiger partial charge in [0.1, 0.15) is 4.88 Å². The molecule has 0 saturated carbocycles. The highest BCUT2D eigenvalue weighted by molar-refractivity contribution is 7.12. The minimum absolute atomic E-state index is 0.0364. The molecule has 0 bridgehead atoms. The van der Waals surface area contributed by atoms with E-state index in [9.17, 15) is 4.79 Å². The lowest BCUT2D eigenvalue weighted by Crippen LogP contribution is -2.32. The molecule has 1 atom stereocenters. The van der Waals surface area contributed by atoms with Gasteiger partial charge in [-0.15, -0.1) is 11.3 Å². The first-order valence-electron chi connectivity index (χ1n) is 4.30. The third kappa shape index (κ3) is 2.97. The van der Waals surface area contributed by atoms with Crippen molar-refractivity contribution in [2.45, 2.75) is 19.4 Å². The van der Waals surface area contributed by atoms with Crippen LogP contribution in [0.1, 0.15) is 23.0 Å². The standard InChI is InChI=1S/C9H12ClNO2S/c1-6(2-4-12)11-9(13)8-7(10)3-5-14-8/h3,5-6,12H,2,4H2,1H3,(H,11,13). The molecule has 0 spiro atoms. The van der Waals surface area contributed by atoms with Crippen LogP contribution < -0.4 is 5.32 Å². The van der Waals surface area contributed by atoms with E-state index in [2.05, 4.69) is 5.32 Å². The third-order valence-electron chi connectivity index (χ3n) is 1.76. The van der Waals surface area contributed by atoms with E-state index in [4.69, 9.17) is 16.7 Å². The molecule has 3 nitrogen and oxygen atoms in total. The molecule has 0 fully saturated rings. The van der Waals surface area contributed by atoms with Crippen molar-refractivity contribution in [3.05, 3.63) is 21.3 Å². The van der Waals surface area contributed by atoms with Gasteiger partial charge in [0.05, 0.1) is 5.02 Å². The number of amides is 1. The maximum atomic E-state index is 11.5. The SMILES string of the molecule is CC(CCO)NC(=O)c1sccc1Cl. The third-order valence-corrected chi connectivity index (χ3v) is 3.10. The Balaban J connectivity index is 2.55. The van der Waals surface area contributed by atoms with Crippen LogP contribution in [0.4, 0.5) is 0 Å². The first-order valence-corrected chi connectivity index (χ1v) is 5.55. The molecule has 5 heteroatoms. The summed E-state index contributed by atoms with van der Waals surface area (Å²) in [7, 11) is 0. The van der Waals surface area contributed by atoms with Gasteiger partial charge < -0.3 is 10.4 Å². The predicted octanol–water partition coefficient (Wildman–Crippen LogP) is 1.90. The van der Waals surface area contributed by atoms with Crippen LogP contribution in [-0.4, -0.2) is 23.7 Å². The van der Waals surface area contributed by atoms with Crippen molar-refractivity contribution in [3.8, 4) is 0 Å². The smallest absolute Gasteiger partial charge is 0.263 e. The highest BCUT2D eigenvalue weighted by Crippen LogP contribution is 2.21. The van der Waals surface area contributed by atoms with Gasteiger partial charge in [-0.05, 0) is 24.8 Å². The van der Waals surface area contributed by atoms with Crippen LogP contribution in [0.2, 0.25) is 5.02 Å². The summed E-state index contributed by atoms with van der Waals surface area (Å²) in [6.45, 7) is 1.91. The lowest BCUT2D eigenvalue weighted by molar-refractivity contribution is 0.0938. The van der Waals surface area contributed by atoms with Crippen LogP contribution >= 0.6 is 22.9 Å². The number of rotatable bonds is 4. The molecular weight excluding hydrogens is 222 g/mol. The molecule has 1 aromatic heterocycles. The van der Waals surface area contributed by atoms with Crippen LogP contribution in [0.5, 0.6) is 0 Å². The highest BCUT2D eigenvalue weighted by atomic mass is 35.5.